The fourth-order valence-corrected chi connectivity index (χ4v) is 0.832. The highest BCUT2D eigenvalue weighted by Crippen LogP contribution is 2.11. The molecule has 0 rings (SSSR count). The van der Waals surface area contributed by atoms with Crippen molar-refractivity contribution in [2.75, 3.05) is 33.8 Å². The van der Waals surface area contributed by atoms with Gasteiger partial charge in [-0.25, -0.2) is 4.79 Å². The van der Waals surface area contributed by atoms with E-state index in [9.17, 15) is 4.79 Å². The lowest BCUT2D eigenvalue weighted by Gasteiger charge is -2.09. The van der Waals surface area contributed by atoms with Gasteiger partial charge >= 0.3 is 14.7 Å². The van der Waals surface area contributed by atoms with Crippen LogP contribution in [0.1, 0.15) is 19.8 Å². The van der Waals surface area contributed by atoms with Gasteiger partial charge in [-0.2, -0.15) is 0 Å². The summed E-state index contributed by atoms with van der Waals surface area (Å²) in [4.78, 5) is 34.7. The lowest BCUT2D eigenvalue weighted by Crippen LogP contribution is -2.27. The van der Waals surface area contributed by atoms with E-state index >= 15 is 0 Å². The number of alkyl carbamates (subject to hydrolysis) is 1. The Morgan fingerprint density at radius 1 is 1.35 bits per heavy atom. The highest BCUT2D eigenvalue weighted by molar-refractivity contribution is 7.38. The van der Waals surface area contributed by atoms with E-state index in [1.165, 1.54) is 0 Å². The summed E-state index contributed by atoms with van der Waals surface area (Å²) in [5, 5.41) is 2.68. The zero-order valence-electron chi connectivity index (χ0n) is 10.6. The molecule has 0 heterocycles. The fourth-order valence-electron chi connectivity index (χ4n) is 0.832. The molecule has 104 valence electrons. The summed E-state index contributed by atoms with van der Waals surface area (Å²) >= 11 is 0. The highest BCUT2D eigenvalue weighted by Gasteiger charge is 1.98. The van der Waals surface area contributed by atoms with Crippen molar-refractivity contribution in [3.8, 4) is 0 Å². The maximum atomic E-state index is 10.9. The lowest BCUT2D eigenvalue weighted by molar-refractivity contribution is 0.146. The minimum atomic E-state index is -2.62. The normalized spacial score (nSPS) is 9.88. The monoisotopic (exact) mass is 270 g/mol. The average molecular weight is 270 g/mol. The van der Waals surface area contributed by atoms with Crippen molar-refractivity contribution >= 4 is 14.7 Å². The lowest BCUT2D eigenvalue weighted by atomic mass is 10.4. The van der Waals surface area contributed by atoms with Crippen LogP contribution < -0.4 is 5.32 Å². The summed E-state index contributed by atoms with van der Waals surface area (Å²) in [6, 6.07) is 0. The Bertz CT molecular complexity index is 178. The Hall–Kier alpha value is -0.460. The molecule has 4 N–H and O–H groups in total. The molecule has 0 unspecified atom stereocenters. The van der Waals surface area contributed by atoms with Gasteiger partial charge in [-0.05, 0) is 33.5 Å². The van der Waals surface area contributed by atoms with Gasteiger partial charge in [-0.1, -0.05) is 6.92 Å². The van der Waals surface area contributed by atoms with Gasteiger partial charge in [0.2, 0.25) is 0 Å². The minimum Gasteiger partial charge on any atom is -0.450 e. The average Bonchev–Trinajstić information content (AvgIpc) is 2.20. The Labute approximate surface area is 103 Å². The van der Waals surface area contributed by atoms with Crippen molar-refractivity contribution in [2.45, 2.75) is 19.8 Å². The van der Waals surface area contributed by atoms with Crippen molar-refractivity contribution in [1.82, 2.24) is 10.2 Å². The van der Waals surface area contributed by atoms with Gasteiger partial charge in [0.25, 0.3) is 0 Å². The molecule has 17 heavy (non-hydrogen) atoms. The van der Waals surface area contributed by atoms with Crippen LogP contribution >= 0.6 is 8.60 Å². The van der Waals surface area contributed by atoms with Crippen LogP contribution in [0.5, 0.6) is 0 Å². The first-order chi connectivity index (χ1) is 7.90. The van der Waals surface area contributed by atoms with E-state index in [2.05, 4.69) is 10.2 Å². The van der Waals surface area contributed by atoms with Crippen LogP contribution in [0.25, 0.3) is 0 Å². The zero-order valence-corrected chi connectivity index (χ0v) is 11.5. The molecule has 0 atom stereocenters. The fraction of sp³-hybridized carbons (Fsp3) is 0.889. The minimum absolute atomic E-state index is 0.305. The van der Waals surface area contributed by atoms with Gasteiger partial charge in [0, 0.05) is 6.54 Å². The Balaban J connectivity index is 0. The first kappa shape index (κ1) is 18.9. The molecule has 0 radical (unpaired) electrons. The Morgan fingerprint density at radius 3 is 2.29 bits per heavy atom. The Kier molecular flexibility index (Phi) is 15.1. The second kappa shape index (κ2) is 13.6. The molecule has 0 aromatic rings. The highest BCUT2D eigenvalue weighted by atomic mass is 31.2. The number of carbonyl (C=O) groups excluding carboxylic acids is 1. The molecule has 0 aliphatic heterocycles. The molecule has 0 spiro atoms. The van der Waals surface area contributed by atoms with E-state index in [4.69, 9.17) is 19.4 Å². The first-order valence-corrected chi connectivity index (χ1v) is 6.52. The molecule has 7 nitrogen and oxygen atoms in total. The molecule has 1 amide bonds. The summed E-state index contributed by atoms with van der Waals surface area (Å²) in [7, 11) is 1.40. The molecular weight excluding hydrogens is 247 g/mol. The largest absolute Gasteiger partial charge is 0.450 e. The van der Waals surface area contributed by atoms with E-state index < -0.39 is 8.60 Å². The molecule has 0 fully saturated rings. The number of nitrogens with one attached hydrogen (secondary N) is 1. The molecular formula is C9H23N2O5P. The van der Waals surface area contributed by atoms with E-state index in [0.717, 1.165) is 19.4 Å². The van der Waals surface area contributed by atoms with E-state index in [1.807, 2.05) is 21.0 Å². The third kappa shape index (κ3) is 25.6. The maximum Gasteiger partial charge on any atom is 0.407 e. The topological polar surface area (TPSA) is 102 Å². The zero-order chi connectivity index (χ0) is 13.7. The number of ether oxygens (including phenoxy) is 1. The Morgan fingerprint density at radius 2 is 1.88 bits per heavy atom. The number of hydrogen-bond acceptors (Lipinski definition) is 6. The summed E-state index contributed by atoms with van der Waals surface area (Å²) in [5.41, 5.74) is 0. The van der Waals surface area contributed by atoms with E-state index in [-0.39, 0.29) is 6.09 Å². The van der Waals surface area contributed by atoms with Crippen LogP contribution in [0, 0.1) is 0 Å². The molecule has 0 aliphatic rings. The second-order valence-corrected chi connectivity index (χ2v) is 4.02. The van der Waals surface area contributed by atoms with Gasteiger partial charge in [0.15, 0.2) is 0 Å². The van der Waals surface area contributed by atoms with Crippen molar-refractivity contribution in [3.63, 3.8) is 0 Å². The maximum absolute atomic E-state index is 10.9. The third-order valence-electron chi connectivity index (χ3n) is 1.49. The molecule has 0 aliphatic carbocycles. The standard InChI is InChI=1S/C9H20N2O2.H3O3P/c1-4-8-13-9(12)10-6-5-7-11(2)3;1-4(2)3/h4-8H2,1-3H3,(H,10,12);1-3H. The predicted molar refractivity (Wildman–Crippen MR) is 66.4 cm³/mol. The summed E-state index contributed by atoms with van der Waals surface area (Å²) < 4.78 is 4.83. The van der Waals surface area contributed by atoms with Crippen molar-refractivity contribution in [2.24, 2.45) is 0 Å². The smallest absolute Gasteiger partial charge is 0.407 e. The summed E-state index contributed by atoms with van der Waals surface area (Å²) in [5.74, 6) is 0. The van der Waals surface area contributed by atoms with Gasteiger partial charge in [-0.3, -0.25) is 0 Å². The quantitative estimate of drug-likeness (QED) is 0.408. The molecule has 0 aromatic carbocycles. The van der Waals surface area contributed by atoms with Crippen molar-refractivity contribution < 1.29 is 24.2 Å². The van der Waals surface area contributed by atoms with Gasteiger partial charge in [0.1, 0.15) is 0 Å². The van der Waals surface area contributed by atoms with Crippen LogP contribution in [0.2, 0.25) is 0 Å². The van der Waals surface area contributed by atoms with Crippen LogP contribution in [-0.4, -0.2) is 59.5 Å². The van der Waals surface area contributed by atoms with Crippen molar-refractivity contribution in [1.29, 1.82) is 0 Å². The first-order valence-electron chi connectivity index (χ1n) is 5.32. The van der Waals surface area contributed by atoms with Gasteiger partial charge < -0.3 is 29.6 Å². The molecule has 0 aromatic heterocycles. The molecule has 0 saturated carbocycles. The van der Waals surface area contributed by atoms with Gasteiger partial charge in [0.05, 0.1) is 6.61 Å². The molecule has 0 saturated heterocycles. The molecule has 8 heteroatoms. The summed E-state index contributed by atoms with van der Waals surface area (Å²) in [6.07, 6.45) is 1.51. The third-order valence-corrected chi connectivity index (χ3v) is 1.49. The molecule has 0 bridgehead atoms. The number of rotatable bonds is 6. The summed E-state index contributed by atoms with van der Waals surface area (Å²) in [6.45, 7) is 4.13. The van der Waals surface area contributed by atoms with Crippen molar-refractivity contribution in [3.05, 3.63) is 0 Å². The number of nitrogens with zero attached hydrogens (tertiary/aromatic N) is 1. The van der Waals surface area contributed by atoms with Crippen LogP contribution in [0.4, 0.5) is 4.79 Å². The number of hydrogen-bond donors (Lipinski definition) is 4. The van der Waals surface area contributed by atoms with E-state index in [0.29, 0.717) is 13.2 Å². The van der Waals surface area contributed by atoms with Crippen LogP contribution in [0.15, 0.2) is 0 Å². The van der Waals surface area contributed by atoms with Gasteiger partial charge in [-0.15, -0.1) is 0 Å². The number of carbonyl (C=O) groups is 1. The van der Waals surface area contributed by atoms with Crippen LogP contribution in [0.3, 0.4) is 0 Å². The second-order valence-electron chi connectivity index (χ2n) is 3.49. The van der Waals surface area contributed by atoms with E-state index in [1.54, 1.807) is 0 Å². The number of amides is 1. The SMILES string of the molecule is CCCOC(=O)NCCCN(C)C.OP(O)O. The van der Waals surface area contributed by atoms with Crippen LogP contribution in [-0.2, 0) is 4.74 Å². The predicted octanol–water partition coefficient (Wildman–Crippen LogP) is 0.264.